The van der Waals surface area contributed by atoms with Crippen LogP contribution in [0.3, 0.4) is 0 Å². The predicted octanol–water partition coefficient (Wildman–Crippen LogP) is 2.82. The summed E-state index contributed by atoms with van der Waals surface area (Å²) in [7, 11) is -1.04. The third-order valence-electron chi connectivity index (χ3n) is 1.47. The average Bonchev–Trinajstić information content (AvgIpc) is 2.04. The first-order valence-electron chi connectivity index (χ1n) is 4.02. The normalized spacial score (nSPS) is 12.9. The van der Waals surface area contributed by atoms with Gasteiger partial charge in [0.2, 0.25) is 0 Å². The van der Waals surface area contributed by atoms with Gasteiger partial charge in [-0.2, -0.15) is 0 Å². The van der Waals surface area contributed by atoms with Crippen molar-refractivity contribution in [1.82, 2.24) is 0 Å². The minimum Gasteiger partial charge on any atom is -0.305 e. The summed E-state index contributed by atoms with van der Waals surface area (Å²) >= 11 is 5.77. The molecule has 13 heavy (non-hydrogen) atoms. The zero-order valence-corrected chi connectivity index (χ0v) is 9.15. The summed E-state index contributed by atoms with van der Waals surface area (Å²) in [5.74, 6) is 0. The van der Waals surface area contributed by atoms with Gasteiger partial charge in [0.05, 0.1) is 0 Å². The van der Waals surface area contributed by atoms with Gasteiger partial charge in [0.1, 0.15) is 11.0 Å². The van der Waals surface area contributed by atoms with Crippen LogP contribution in [-0.4, -0.2) is 9.46 Å². The molecule has 0 saturated carbocycles. The maximum atomic E-state index is 11.4. The summed E-state index contributed by atoms with van der Waals surface area (Å²) in [5, 5.41) is 0.740. The second-order valence-electron chi connectivity index (χ2n) is 2.96. The van der Waals surface area contributed by atoms with Gasteiger partial charge in [0, 0.05) is 16.0 Å². The van der Waals surface area contributed by atoms with Crippen LogP contribution in [0.4, 0.5) is 5.69 Å². The monoisotopic (exact) mass is 217 g/mol. The molecule has 1 N–H and O–H groups in total. The number of halogens is 1. The first-order chi connectivity index (χ1) is 6.09. The molecule has 0 heterocycles. The lowest BCUT2D eigenvalue weighted by Crippen LogP contribution is -2.14. The molecule has 0 saturated heterocycles. The van der Waals surface area contributed by atoms with E-state index in [0.29, 0.717) is 5.02 Å². The highest BCUT2D eigenvalue weighted by molar-refractivity contribution is 7.86. The van der Waals surface area contributed by atoms with Gasteiger partial charge in [-0.3, -0.25) is 0 Å². The number of anilines is 1. The Bertz CT molecular complexity index is 314. The van der Waals surface area contributed by atoms with E-state index in [1.165, 1.54) is 0 Å². The van der Waals surface area contributed by atoms with Gasteiger partial charge in [-0.05, 0) is 32.0 Å². The molecule has 0 fully saturated rings. The van der Waals surface area contributed by atoms with Gasteiger partial charge in [-0.1, -0.05) is 17.7 Å². The quantitative estimate of drug-likeness (QED) is 0.829. The van der Waals surface area contributed by atoms with Crippen LogP contribution in [0.5, 0.6) is 0 Å². The number of benzene rings is 1. The highest BCUT2D eigenvalue weighted by Crippen LogP contribution is 2.15. The van der Waals surface area contributed by atoms with Gasteiger partial charge in [0.25, 0.3) is 0 Å². The molecule has 72 valence electrons. The van der Waals surface area contributed by atoms with Crippen LogP contribution in [0.25, 0.3) is 0 Å². The van der Waals surface area contributed by atoms with Crippen molar-refractivity contribution in [2.75, 3.05) is 4.72 Å². The molecule has 1 aromatic rings. The Balaban J connectivity index is 2.69. The van der Waals surface area contributed by atoms with Gasteiger partial charge in [0.15, 0.2) is 0 Å². The molecule has 4 heteroatoms. The standard InChI is InChI=1S/C9H12ClNOS/c1-7(2)13(12)11-9-5-3-4-8(10)6-9/h3-7,11H,1-2H3. The van der Waals surface area contributed by atoms with E-state index in [2.05, 4.69) is 4.72 Å². The third-order valence-corrected chi connectivity index (χ3v) is 3.00. The fourth-order valence-electron chi connectivity index (χ4n) is 0.786. The van der Waals surface area contributed by atoms with E-state index in [-0.39, 0.29) is 5.25 Å². The molecule has 0 aliphatic rings. The summed E-state index contributed by atoms with van der Waals surface area (Å²) < 4.78 is 14.3. The highest BCUT2D eigenvalue weighted by Gasteiger charge is 2.04. The summed E-state index contributed by atoms with van der Waals surface area (Å²) in [6, 6.07) is 7.20. The van der Waals surface area contributed by atoms with Gasteiger partial charge >= 0.3 is 0 Å². The van der Waals surface area contributed by atoms with E-state index in [1.807, 2.05) is 26.0 Å². The van der Waals surface area contributed by atoms with Gasteiger partial charge in [-0.15, -0.1) is 0 Å². The largest absolute Gasteiger partial charge is 0.305 e. The van der Waals surface area contributed by atoms with E-state index in [1.54, 1.807) is 12.1 Å². The van der Waals surface area contributed by atoms with Crippen molar-refractivity contribution in [1.29, 1.82) is 0 Å². The van der Waals surface area contributed by atoms with Crippen LogP contribution < -0.4 is 4.72 Å². The summed E-state index contributed by atoms with van der Waals surface area (Å²) in [4.78, 5) is 0. The van der Waals surface area contributed by atoms with Crippen LogP contribution in [0.1, 0.15) is 13.8 Å². The highest BCUT2D eigenvalue weighted by atomic mass is 35.5. The fourth-order valence-corrected chi connectivity index (χ4v) is 1.57. The van der Waals surface area contributed by atoms with Crippen molar-refractivity contribution in [3.8, 4) is 0 Å². The van der Waals surface area contributed by atoms with Crippen LogP contribution in [0.15, 0.2) is 24.3 Å². The average molecular weight is 218 g/mol. The van der Waals surface area contributed by atoms with Crippen molar-refractivity contribution in [2.45, 2.75) is 19.1 Å². The van der Waals surface area contributed by atoms with Crippen molar-refractivity contribution in [2.24, 2.45) is 0 Å². The van der Waals surface area contributed by atoms with Crippen LogP contribution >= 0.6 is 11.6 Å². The number of rotatable bonds is 3. The Hall–Kier alpha value is -0.540. The minimum absolute atomic E-state index is 0.0963. The Morgan fingerprint density at radius 1 is 1.46 bits per heavy atom. The topological polar surface area (TPSA) is 29.1 Å². The number of nitrogens with one attached hydrogen (secondary N) is 1. The van der Waals surface area contributed by atoms with Crippen molar-refractivity contribution in [3.05, 3.63) is 29.3 Å². The number of hydrogen-bond donors (Lipinski definition) is 1. The SMILES string of the molecule is CC(C)S(=O)Nc1cccc(Cl)c1. The summed E-state index contributed by atoms with van der Waals surface area (Å²) in [6.07, 6.45) is 0. The Morgan fingerprint density at radius 2 is 2.15 bits per heavy atom. The molecule has 0 aliphatic carbocycles. The lowest BCUT2D eigenvalue weighted by atomic mass is 10.3. The molecule has 1 aromatic carbocycles. The smallest absolute Gasteiger partial charge is 0.119 e. The molecule has 0 amide bonds. The lowest BCUT2D eigenvalue weighted by Gasteiger charge is -2.08. The van der Waals surface area contributed by atoms with Crippen LogP contribution in [0, 0.1) is 0 Å². The first-order valence-corrected chi connectivity index (χ1v) is 5.61. The maximum absolute atomic E-state index is 11.4. The minimum atomic E-state index is -1.04. The first kappa shape index (κ1) is 10.5. The molecule has 0 radical (unpaired) electrons. The molecule has 1 atom stereocenters. The Kier molecular flexibility index (Phi) is 3.75. The zero-order valence-electron chi connectivity index (χ0n) is 7.58. The molecule has 0 aromatic heterocycles. The Morgan fingerprint density at radius 3 is 2.69 bits per heavy atom. The molecule has 2 nitrogen and oxygen atoms in total. The summed E-state index contributed by atoms with van der Waals surface area (Å²) in [6.45, 7) is 3.79. The van der Waals surface area contributed by atoms with Crippen molar-refractivity contribution in [3.63, 3.8) is 0 Å². The molecule has 1 unspecified atom stereocenters. The molecule has 0 spiro atoms. The predicted molar refractivity (Wildman–Crippen MR) is 58.4 cm³/mol. The zero-order chi connectivity index (χ0) is 9.84. The third kappa shape index (κ3) is 3.36. The van der Waals surface area contributed by atoms with E-state index in [9.17, 15) is 4.21 Å². The van der Waals surface area contributed by atoms with Crippen LogP contribution in [0.2, 0.25) is 5.02 Å². The van der Waals surface area contributed by atoms with Crippen molar-refractivity contribution >= 4 is 28.3 Å². The van der Waals surface area contributed by atoms with E-state index in [0.717, 1.165) is 5.69 Å². The number of hydrogen-bond acceptors (Lipinski definition) is 1. The maximum Gasteiger partial charge on any atom is 0.119 e. The second kappa shape index (κ2) is 4.63. The second-order valence-corrected chi connectivity index (χ2v) is 5.14. The van der Waals surface area contributed by atoms with E-state index < -0.39 is 11.0 Å². The lowest BCUT2D eigenvalue weighted by molar-refractivity contribution is 0.680. The molecule has 0 bridgehead atoms. The summed E-state index contributed by atoms with van der Waals surface area (Å²) in [5.41, 5.74) is 0.791. The Labute approximate surface area is 85.9 Å². The van der Waals surface area contributed by atoms with E-state index >= 15 is 0 Å². The van der Waals surface area contributed by atoms with Gasteiger partial charge in [-0.25, -0.2) is 4.21 Å². The van der Waals surface area contributed by atoms with Crippen LogP contribution in [-0.2, 0) is 11.0 Å². The molecular formula is C9H12ClNOS. The van der Waals surface area contributed by atoms with E-state index in [4.69, 9.17) is 11.6 Å². The molecule has 1 rings (SSSR count). The fraction of sp³-hybridized carbons (Fsp3) is 0.333. The van der Waals surface area contributed by atoms with Gasteiger partial charge < -0.3 is 4.72 Å². The molecular weight excluding hydrogens is 206 g/mol. The van der Waals surface area contributed by atoms with Crippen molar-refractivity contribution < 1.29 is 4.21 Å². The molecule has 0 aliphatic heterocycles.